The van der Waals surface area contributed by atoms with Crippen LogP contribution in [-0.4, -0.2) is 25.2 Å². The quantitative estimate of drug-likeness (QED) is 0.820. The zero-order valence-corrected chi connectivity index (χ0v) is 9.58. The van der Waals surface area contributed by atoms with Crippen molar-refractivity contribution in [1.82, 2.24) is 4.98 Å². The van der Waals surface area contributed by atoms with Crippen molar-refractivity contribution >= 4 is 5.82 Å². The van der Waals surface area contributed by atoms with E-state index in [0.29, 0.717) is 5.82 Å². The van der Waals surface area contributed by atoms with Crippen molar-refractivity contribution in [2.75, 3.05) is 19.0 Å². The molecule has 0 aromatic carbocycles. The van der Waals surface area contributed by atoms with Crippen LogP contribution in [0.3, 0.4) is 0 Å². The third-order valence-electron chi connectivity index (χ3n) is 2.43. The third kappa shape index (κ3) is 2.81. The van der Waals surface area contributed by atoms with Gasteiger partial charge in [-0.15, -0.1) is 0 Å². The smallest absolute Gasteiger partial charge is 0.421 e. The standard InChI is InChI=1S/C11H13F3N2O/c1-16(2)10-5-9(17-7-3-4-7)8(6-15-10)11(12,13)14/h5-7H,3-4H2,1-2H3. The third-order valence-corrected chi connectivity index (χ3v) is 2.43. The average molecular weight is 246 g/mol. The van der Waals surface area contributed by atoms with E-state index in [-0.39, 0.29) is 11.9 Å². The maximum Gasteiger partial charge on any atom is 0.421 e. The topological polar surface area (TPSA) is 25.4 Å². The van der Waals surface area contributed by atoms with Gasteiger partial charge < -0.3 is 9.64 Å². The lowest BCUT2D eigenvalue weighted by molar-refractivity contribution is -0.139. The number of alkyl halides is 3. The van der Waals surface area contributed by atoms with Crippen LogP contribution in [0.2, 0.25) is 0 Å². The lowest BCUT2D eigenvalue weighted by Gasteiger charge is -2.17. The molecule has 1 aliphatic carbocycles. The summed E-state index contributed by atoms with van der Waals surface area (Å²) in [4.78, 5) is 5.40. The van der Waals surface area contributed by atoms with Crippen molar-refractivity contribution in [3.05, 3.63) is 17.8 Å². The molecule has 1 aliphatic rings. The molecule has 3 nitrogen and oxygen atoms in total. The Labute approximate surface area is 97.2 Å². The molecule has 1 aromatic heterocycles. The zero-order chi connectivity index (χ0) is 12.6. The molecular weight excluding hydrogens is 233 g/mol. The monoisotopic (exact) mass is 246 g/mol. The van der Waals surface area contributed by atoms with Crippen LogP contribution in [0.4, 0.5) is 19.0 Å². The first kappa shape index (κ1) is 12.0. The zero-order valence-electron chi connectivity index (χ0n) is 9.58. The van der Waals surface area contributed by atoms with Crippen LogP contribution in [0.1, 0.15) is 18.4 Å². The molecule has 1 aromatic rings. The summed E-state index contributed by atoms with van der Waals surface area (Å²) in [6, 6.07) is 1.33. The second-order valence-corrected chi connectivity index (χ2v) is 4.25. The summed E-state index contributed by atoms with van der Waals surface area (Å²) in [5, 5.41) is 0. The van der Waals surface area contributed by atoms with Gasteiger partial charge in [0.25, 0.3) is 0 Å². The molecule has 0 radical (unpaired) electrons. The van der Waals surface area contributed by atoms with E-state index in [1.807, 2.05) is 0 Å². The summed E-state index contributed by atoms with van der Waals surface area (Å²) >= 11 is 0. The fraction of sp³-hybridized carbons (Fsp3) is 0.545. The van der Waals surface area contributed by atoms with Crippen LogP contribution in [-0.2, 0) is 6.18 Å². The fourth-order valence-electron chi connectivity index (χ4n) is 1.35. The number of aromatic nitrogens is 1. The first-order chi connectivity index (χ1) is 7.88. The molecule has 0 N–H and O–H groups in total. The minimum atomic E-state index is -4.43. The Bertz CT molecular complexity index is 414. The molecule has 0 aliphatic heterocycles. The van der Waals surface area contributed by atoms with Crippen LogP contribution in [0.15, 0.2) is 12.3 Å². The van der Waals surface area contributed by atoms with E-state index in [1.165, 1.54) is 6.07 Å². The van der Waals surface area contributed by atoms with Gasteiger partial charge in [-0.3, -0.25) is 0 Å². The molecule has 0 spiro atoms. The Balaban J connectivity index is 2.36. The van der Waals surface area contributed by atoms with Crippen molar-refractivity contribution in [3.63, 3.8) is 0 Å². The molecular formula is C11H13F3N2O. The number of rotatable bonds is 3. The molecule has 0 unspecified atom stereocenters. The molecule has 0 saturated heterocycles. The van der Waals surface area contributed by atoms with E-state index in [4.69, 9.17) is 4.74 Å². The van der Waals surface area contributed by atoms with E-state index in [9.17, 15) is 13.2 Å². The highest BCUT2D eigenvalue weighted by Gasteiger charge is 2.37. The number of pyridine rings is 1. The highest BCUT2D eigenvalue weighted by molar-refractivity contribution is 5.47. The second kappa shape index (κ2) is 4.09. The number of hydrogen-bond donors (Lipinski definition) is 0. The molecule has 1 saturated carbocycles. The molecule has 0 atom stereocenters. The Morgan fingerprint density at radius 2 is 2.00 bits per heavy atom. The second-order valence-electron chi connectivity index (χ2n) is 4.25. The summed E-state index contributed by atoms with van der Waals surface area (Å²) in [5.41, 5.74) is -0.810. The average Bonchev–Trinajstić information content (AvgIpc) is 2.99. The van der Waals surface area contributed by atoms with E-state index in [0.717, 1.165) is 19.0 Å². The van der Waals surface area contributed by atoms with Gasteiger partial charge in [-0.1, -0.05) is 0 Å². The lowest BCUT2D eigenvalue weighted by Crippen LogP contribution is -2.14. The number of hydrogen-bond acceptors (Lipinski definition) is 3. The van der Waals surface area contributed by atoms with Crippen LogP contribution in [0.5, 0.6) is 5.75 Å². The van der Waals surface area contributed by atoms with Crippen molar-refractivity contribution in [3.8, 4) is 5.75 Å². The van der Waals surface area contributed by atoms with Gasteiger partial charge in [0.15, 0.2) is 0 Å². The first-order valence-corrected chi connectivity index (χ1v) is 5.29. The number of ether oxygens (including phenoxy) is 1. The maximum absolute atomic E-state index is 12.7. The molecule has 17 heavy (non-hydrogen) atoms. The summed E-state index contributed by atoms with van der Waals surface area (Å²) in [5.74, 6) is 0.326. The van der Waals surface area contributed by atoms with Crippen molar-refractivity contribution in [2.45, 2.75) is 25.1 Å². The summed E-state index contributed by atoms with van der Waals surface area (Å²) in [6.45, 7) is 0. The van der Waals surface area contributed by atoms with Crippen molar-refractivity contribution in [1.29, 1.82) is 0 Å². The highest BCUT2D eigenvalue weighted by Crippen LogP contribution is 2.39. The Morgan fingerprint density at radius 3 is 2.47 bits per heavy atom. The minimum absolute atomic E-state index is 0.0755. The lowest BCUT2D eigenvalue weighted by atomic mass is 10.2. The van der Waals surface area contributed by atoms with Crippen LogP contribution < -0.4 is 9.64 Å². The van der Waals surface area contributed by atoms with Gasteiger partial charge in [-0.05, 0) is 12.8 Å². The summed E-state index contributed by atoms with van der Waals surface area (Å²) in [6.07, 6.45) is -2.04. The van der Waals surface area contributed by atoms with Gasteiger partial charge in [0.2, 0.25) is 0 Å². The van der Waals surface area contributed by atoms with E-state index < -0.39 is 11.7 Å². The van der Waals surface area contributed by atoms with E-state index >= 15 is 0 Å². The molecule has 1 heterocycles. The Morgan fingerprint density at radius 1 is 1.35 bits per heavy atom. The molecule has 94 valence electrons. The maximum atomic E-state index is 12.7. The van der Waals surface area contributed by atoms with Gasteiger partial charge in [-0.2, -0.15) is 13.2 Å². The van der Waals surface area contributed by atoms with E-state index in [1.54, 1.807) is 19.0 Å². The van der Waals surface area contributed by atoms with E-state index in [2.05, 4.69) is 4.98 Å². The largest absolute Gasteiger partial charge is 0.490 e. The normalized spacial score (nSPS) is 15.8. The molecule has 0 amide bonds. The number of nitrogens with zero attached hydrogens (tertiary/aromatic N) is 2. The number of halogens is 3. The molecule has 6 heteroatoms. The first-order valence-electron chi connectivity index (χ1n) is 5.29. The fourth-order valence-corrected chi connectivity index (χ4v) is 1.35. The molecule has 2 rings (SSSR count). The SMILES string of the molecule is CN(C)c1cc(OC2CC2)c(C(F)(F)F)cn1. The Kier molecular flexibility index (Phi) is 2.89. The molecule has 1 fully saturated rings. The van der Waals surface area contributed by atoms with Crippen LogP contribution in [0.25, 0.3) is 0 Å². The molecule has 0 bridgehead atoms. The van der Waals surface area contributed by atoms with Gasteiger partial charge in [-0.25, -0.2) is 4.98 Å². The van der Waals surface area contributed by atoms with Gasteiger partial charge in [0, 0.05) is 26.4 Å². The predicted octanol–water partition coefficient (Wildman–Crippen LogP) is 2.71. The Hall–Kier alpha value is -1.46. The predicted molar refractivity (Wildman–Crippen MR) is 57.2 cm³/mol. The van der Waals surface area contributed by atoms with Crippen LogP contribution in [0, 0.1) is 0 Å². The van der Waals surface area contributed by atoms with Gasteiger partial charge >= 0.3 is 6.18 Å². The van der Waals surface area contributed by atoms with Crippen molar-refractivity contribution in [2.24, 2.45) is 0 Å². The van der Waals surface area contributed by atoms with Gasteiger partial charge in [0.05, 0.1) is 6.10 Å². The highest BCUT2D eigenvalue weighted by atomic mass is 19.4. The van der Waals surface area contributed by atoms with Gasteiger partial charge in [0.1, 0.15) is 17.1 Å². The van der Waals surface area contributed by atoms with Crippen molar-refractivity contribution < 1.29 is 17.9 Å². The summed E-state index contributed by atoms with van der Waals surface area (Å²) < 4.78 is 43.4. The summed E-state index contributed by atoms with van der Waals surface area (Å²) in [7, 11) is 3.44. The number of anilines is 1. The minimum Gasteiger partial charge on any atom is -0.490 e. The van der Waals surface area contributed by atoms with Crippen LogP contribution >= 0.6 is 0 Å².